The van der Waals surface area contributed by atoms with Gasteiger partial charge in [-0.05, 0) is 50.0 Å². The number of hydrogen-bond acceptors (Lipinski definition) is 2. The highest BCUT2D eigenvalue weighted by atomic mass is 19.4. The molecule has 1 aromatic rings. The molecule has 0 saturated heterocycles. The van der Waals surface area contributed by atoms with Crippen molar-refractivity contribution >= 4 is 5.91 Å². The molecule has 0 aromatic carbocycles. The highest BCUT2D eigenvalue weighted by Gasteiger charge is 2.42. The lowest BCUT2D eigenvalue weighted by atomic mass is 9.84. The van der Waals surface area contributed by atoms with Gasteiger partial charge in [-0.3, -0.25) is 9.48 Å². The lowest BCUT2D eigenvalue weighted by Gasteiger charge is -2.28. The van der Waals surface area contributed by atoms with E-state index in [-0.39, 0.29) is 18.5 Å². The van der Waals surface area contributed by atoms with Crippen LogP contribution >= 0.6 is 0 Å². The first-order chi connectivity index (χ1) is 10.3. The van der Waals surface area contributed by atoms with E-state index in [4.69, 9.17) is 0 Å². The largest absolute Gasteiger partial charge is 0.435 e. The Kier molecular flexibility index (Phi) is 3.91. The van der Waals surface area contributed by atoms with Crippen LogP contribution in [0.2, 0.25) is 0 Å². The van der Waals surface area contributed by atoms with Crippen LogP contribution in [0.5, 0.6) is 0 Å². The van der Waals surface area contributed by atoms with Crippen LogP contribution in [-0.4, -0.2) is 21.7 Å². The van der Waals surface area contributed by atoms with Gasteiger partial charge >= 0.3 is 6.18 Å². The molecular formula is C15H20F3N3O. The number of amides is 1. The van der Waals surface area contributed by atoms with Crippen molar-refractivity contribution < 1.29 is 18.0 Å². The lowest BCUT2D eigenvalue weighted by Crippen LogP contribution is -2.41. The van der Waals surface area contributed by atoms with Crippen LogP contribution in [0.4, 0.5) is 13.2 Å². The summed E-state index contributed by atoms with van der Waals surface area (Å²) in [5, 5.41) is 6.32. The molecule has 3 rings (SSSR count). The molecule has 0 radical (unpaired) electrons. The molecule has 1 aromatic heterocycles. The van der Waals surface area contributed by atoms with Gasteiger partial charge in [0.25, 0.3) is 0 Å². The molecule has 1 N–H and O–H groups in total. The topological polar surface area (TPSA) is 46.9 Å². The third-order valence-electron chi connectivity index (χ3n) is 5.06. The van der Waals surface area contributed by atoms with Crippen LogP contribution in [0, 0.1) is 17.8 Å². The Bertz CT molecular complexity index is 554. The van der Waals surface area contributed by atoms with Crippen molar-refractivity contribution in [1.29, 1.82) is 0 Å². The van der Waals surface area contributed by atoms with E-state index in [2.05, 4.69) is 10.4 Å². The number of nitrogens with one attached hydrogen (secondary N) is 1. The second kappa shape index (κ2) is 5.59. The quantitative estimate of drug-likeness (QED) is 0.929. The molecule has 4 nitrogen and oxygen atoms in total. The van der Waals surface area contributed by atoms with Gasteiger partial charge in [-0.25, -0.2) is 0 Å². The Hall–Kier alpha value is -1.53. The van der Waals surface area contributed by atoms with Crippen LogP contribution in [0.3, 0.4) is 0 Å². The Balaban J connectivity index is 1.53. The number of hydrogen-bond donors (Lipinski definition) is 1. The smallest absolute Gasteiger partial charge is 0.352 e. The first-order valence-electron chi connectivity index (χ1n) is 7.73. The number of aromatic nitrogens is 2. The van der Waals surface area contributed by atoms with Gasteiger partial charge in [0, 0.05) is 12.2 Å². The van der Waals surface area contributed by atoms with Crippen molar-refractivity contribution in [3.05, 3.63) is 18.0 Å². The number of nitrogens with zero attached hydrogens (tertiary/aromatic N) is 2. The third-order valence-corrected chi connectivity index (χ3v) is 5.06. The zero-order chi connectivity index (χ0) is 15.9. The first kappa shape index (κ1) is 15.4. The van der Waals surface area contributed by atoms with Gasteiger partial charge in [0.05, 0.1) is 0 Å². The van der Waals surface area contributed by atoms with Crippen LogP contribution in [0.25, 0.3) is 0 Å². The van der Waals surface area contributed by atoms with Crippen LogP contribution in [0.1, 0.15) is 38.3 Å². The SMILES string of the molecule is C[C@@H](NC(=O)Cn1ccc(C(F)(F)F)n1)[C@@H]1C[C@@H]2CC[C@@H]1C2. The summed E-state index contributed by atoms with van der Waals surface area (Å²) in [4.78, 5) is 12.0. The van der Waals surface area contributed by atoms with E-state index in [1.165, 1.54) is 25.5 Å². The normalized spacial score (nSPS) is 28.8. The molecule has 2 fully saturated rings. The number of halogens is 3. The van der Waals surface area contributed by atoms with E-state index in [0.717, 1.165) is 23.1 Å². The first-order valence-corrected chi connectivity index (χ1v) is 7.73. The monoisotopic (exact) mass is 315 g/mol. The average molecular weight is 315 g/mol. The minimum atomic E-state index is -4.47. The maximum Gasteiger partial charge on any atom is 0.435 e. The average Bonchev–Trinajstić information content (AvgIpc) is 3.12. The molecule has 2 aliphatic rings. The molecule has 0 unspecified atom stereocenters. The molecule has 2 aliphatic carbocycles. The molecule has 0 spiro atoms. The Morgan fingerprint density at radius 1 is 1.45 bits per heavy atom. The molecule has 2 saturated carbocycles. The highest BCUT2D eigenvalue weighted by Crippen LogP contribution is 2.49. The van der Waals surface area contributed by atoms with Crippen molar-refractivity contribution in [2.75, 3.05) is 0 Å². The van der Waals surface area contributed by atoms with Crippen molar-refractivity contribution in [2.45, 2.75) is 51.4 Å². The van der Waals surface area contributed by atoms with Crippen LogP contribution < -0.4 is 5.32 Å². The molecule has 1 heterocycles. The fourth-order valence-electron chi connectivity index (χ4n) is 4.06. The number of rotatable bonds is 4. The van der Waals surface area contributed by atoms with Crippen LogP contribution in [-0.2, 0) is 17.5 Å². The van der Waals surface area contributed by atoms with Crippen molar-refractivity contribution in [3.8, 4) is 0 Å². The zero-order valence-corrected chi connectivity index (χ0v) is 12.4. The predicted octanol–water partition coefficient (Wildman–Crippen LogP) is 2.84. The summed E-state index contributed by atoms with van der Waals surface area (Å²) in [6, 6.07) is 0.951. The standard InChI is InChI=1S/C15H20F3N3O/c1-9(12-7-10-2-3-11(12)6-10)19-14(22)8-21-5-4-13(20-21)15(16,17)18/h4-5,9-12H,2-3,6-8H2,1H3,(H,19,22)/t9-,10-,11-,12+/m1/s1. The summed E-state index contributed by atoms with van der Waals surface area (Å²) in [6.07, 6.45) is 1.67. The van der Waals surface area contributed by atoms with E-state index >= 15 is 0 Å². The summed E-state index contributed by atoms with van der Waals surface area (Å²) < 4.78 is 38.4. The Morgan fingerprint density at radius 2 is 2.23 bits per heavy atom. The molecule has 0 aliphatic heterocycles. The summed E-state index contributed by atoms with van der Waals surface area (Å²) in [5.74, 6) is 1.72. The maximum atomic E-state index is 12.5. The van der Waals surface area contributed by atoms with E-state index < -0.39 is 11.9 Å². The van der Waals surface area contributed by atoms with E-state index in [0.29, 0.717) is 11.8 Å². The molecule has 2 bridgehead atoms. The van der Waals surface area contributed by atoms with Gasteiger partial charge in [-0.1, -0.05) is 6.42 Å². The van der Waals surface area contributed by atoms with Gasteiger partial charge in [-0.2, -0.15) is 18.3 Å². The number of carbonyl (C=O) groups excluding carboxylic acids is 1. The second-order valence-corrected chi connectivity index (χ2v) is 6.59. The predicted molar refractivity (Wildman–Crippen MR) is 73.8 cm³/mol. The van der Waals surface area contributed by atoms with Gasteiger partial charge in [0.1, 0.15) is 6.54 Å². The van der Waals surface area contributed by atoms with Crippen molar-refractivity contribution in [2.24, 2.45) is 17.8 Å². The molecule has 22 heavy (non-hydrogen) atoms. The minimum absolute atomic E-state index is 0.0699. The fraction of sp³-hybridized carbons (Fsp3) is 0.733. The van der Waals surface area contributed by atoms with E-state index in [1.54, 1.807) is 0 Å². The Morgan fingerprint density at radius 3 is 2.77 bits per heavy atom. The number of alkyl halides is 3. The second-order valence-electron chi connectivity index (χ2n) is 6.59. The summed E-state index contributed by atoms with van der Waals surface area (Å²) in [6.45, 7) is 1.81. The van der Waals surface area contributed by atoms with Crippen molar-refractivity contribution in [1.82, 2.24) is 15.1 Å². The number of carbonyl (C=O) groups is 1. The molecule has 122 valence electrons. The maximum absolute atomic E-state index is 12.5. The van der Waals surface area contributed by atoms with Gasteiger partial charge < -0.3 is 5.32 Å². The van der Waals surface area contributed by atoms with Gasteiger partial charge in [0.15, 0.2) is 5.69 Å². The summed E-state index contributed by atoms with van der Waals surface area (Å²) >= 11 is 0. The number of fused-ring (bicyclic) bond motifs is 2. The summed E-state index contributed by atoms with van der Waals surface area (Å²) in [5.41, 5.74) is -0.971. The van der Waals surface area contributed by atoms with Crippen molar-refractivity contribution in [3.63, 3.8) is 0 Å². The minimum Gasteiger partial charge on any atom is -0.352 e. The van der Waals surface area contributed by atoms with Gasteiger partial charge in [0.2, 0.25) is 5.91 Å². The third kappa shape index (κ3) is 3.13. The summed E-state index contributed by atoms with van der Waals surface area (Å²) in [7, 11) is 0. The van der Waals surface area contributed by atoms with E-state index in [9.17, 15) is 18.0 Å². The molecule has 1 amide bonds. The Labute approximate surface area is 127 Å². The molecule has 7 heteroatoms. The zero-order valence-electron chi connectivity index (χ0n) is 12.4. The molecular weight excluding hydrogens is 295 g/mol. The fourth-order valence-corrected chi connectivity index (χ4v) is 4.06. The molecule has 4 atom stereocenters. The van der Waals surface area contributed by atoms with E-state index in [1.807, 2.05) is 6.92 Å². The van der Waals surface area contributed by atoms with Gasteiger partial charge in [-0.15, -0.1) is 0 Å². The lowest BCUT2D eigenvalue weighted by molar-refractivity contribution is -0.141. The highest BCUT2D eigenvalue weighted by molar-refractivity contribution is 5.75. The van der Waals surface area contributed by atoms with Crippen LogP contribution in [0.15, 0.2) is 12.3 Å².